The highest BCUT2D eigenvalue weighted by atomic mass is 35.5. The number of carboxylic acids is 1. The van der Waals surface area contributed by atoms with Crippen LogP contribution in [-0.2, 0) is 9.59 Å². The van der Waals surface area contributed by atoms with Crippen molar-refractivity contribution in [3.8, 4) is 0 Å². The lowest BCUT2D eigenvalue weighted by Gasteiger charge is -2.23. The van der Waals surface area contributed by atoms with Gasteiger partial charge in [-0.15, -0.1) is 0 Å². The molecule has 23 heavy (non-hydrogen) atoms. The largest absolute Gasteiger partial charge is 0.481 e. The van der Waals surface area contributed by atoms with Gasteiger partial charge in [-0.3, -0.25) is 25.2 Å². The van der Waals surface area contributed by atoms with Gasteiger partial charge in [0.15, 0.2) is 0 Å². The minimum atomic E-state index is -0.981. The second-order valence-corrected chi connectivity index (χ2v) is 6.22. The predicted octanol–water partition coefficient (Wildman–Crippen LogP) is 1.62. The standard InChI is InChI=1S/C16H15ClN2O4/c17-11-5-3-8(4-6-11)14(20)18-19-15(21)12-9-1-2-10(7-9)13(12)16(22)23/h1-6,9-10,12-13H,7H2,(H,18,20)(H,19,21)(H,22,23)/t9-,10+,12-,13+/m1/s1. The molecule has 6 nitrogen and oxygen atoms in total. The Morgan fingerprint density at radius 3 is 2.22 bits per heavy atom. The van der Waals surface area contributed by atoms with Crippen LogP contribution in [0.4, 0.5) is 0 Å². The molecule has 2 bridgehead atoms. The Morgan fingerprint density at radius 1 is 1.00 bits per heavy atom. The zero-order chi connectivity index (χ0) is 16.6. The molecule has 1 aromatic rings. The van der Waals surface area contributed by atoms with E-state index in [9.17, 15) is 19.5 Å². The molecule has 1 fully saturated rings. The minimum absolute atomic E-state index is 0.0893. The van der Waals surface area contributed by atoms with Crippen molar-refractivity contribution < 1.29 is 19.5 Å². The molecule has 0 radical (unpaired) electrons. The van der Waals surface area contributed by atoms with Gasteiger partial charge < -0.3 is 5.11 Å². The molecule has 4 atom stereocenters. The molecule has 0 unspecified atom stereocenters. The second-order valence-electron chi connectivity index (χ2n) is 5.79. The van der Waals surface area contributed by atoms with E-state index >= 15 is 0 Å². The molecule has 0 aliphatic heterocycles. The molecule has 0 spiro atoms. The van der Waals surface area contributed by atoms with Crippen molar-refractivity contribution in [1.29, 1.82) is 0 Å². The van der Waals surface area contributed by atoms with E-state index in [1.54, 1.807) is 12.1 Å². The quantitative estimate of drug-likeness (QED) is 0.578. The van der Waals surface area contributed by atoms with Gasteiger partial charge in [0.25, 0.3) is 5.91 Å². The highest BCUT2D eigenvalue weighted by Gasteiger charge is 2.51. The van der Waals surface area contributed by atoms with Gasteiger partial charge >= 0.3 is 5.97 Å². The Morgan fingerprint density at radius 2 is 1.61 bits per heavy atom. The third-order valence-electron chi connectivity index (χ3n) is 4.45. The third-order valence-corrected chi connectivity index (χ3v) is 4.70. The van der Waals surface area contributed by atoms with Gasteiger partial charge in [0.2, 0.25) is 5.91 Å². The first-order valence-corrected chi connectivity index (χ1v) is 7.62. The summed E-state index contributed by atoms with van der Waals surface area (Å²) in [4.78, 5) is 35.6. The smallest absolute Gasteiger partial charge is 0.307 e. The van der Waals surface area contributed by atoms with Crippen LogP contribution in [-0.4, -0.2) is 22.9 Å². The fourth-order valence-electron chi connectivity index (χ4n) is 3.39. The van der Waals surface area contributed by atoms with Crippen LogP contribution >= 0.6 is 11.6 Å². The van der Waals surface area contributed by atoms with E-state index in [0.717, 1.165) is 0 Å². The van der Waals surface area contributed by atoms with Gasteiger partial charge in [-0.25, -0.2) is 0 Å². The number of halogens is 1. The summed E-state index contributed by atoms with van der Waals surface area (Å²) in [6.07, 6.45) is 4.41. The number of aliphatic carboxylic acids is 1. The van der Waals surface area contributed by atoms with Crippen molar-refractivity contribution in [2.24, 2.45) is 23.7 Å². The van der Waals surface area contributed by atoms with Crippen molar-refractivity contribution >= 4 is 29.4 Å². The summed E-state index contributed by atoms with van der Waals surface area (Å²) >= 11 is 5.75. The summed E-state index contributed by atoms with van der Waals surface area (Å²) in [5, 5.41) is 9.83. The van der Waals surface area contributed by atoms with E-state index in [2.05, 4.69) is 10.9 Å². The van der Waals surface area contributed by atoms with Gasteiger partial charge in [-0.1, -0.05) is 23.8 Å². The van der Waals surface area contributed by atoms with Gasteiger partial charge in [0, 0.05) is 10.6 Å². The van der Waals surface area contributed by atoms with Gasteiger partial charge in [-0.05, 0) is 42.5 Å². The Hall–Kier alpha value is -2.34. The van der Waals surface area contributed by atoms with Crippen LogP contribution in [0.3, 0.4) is 0 Å². The first-order chi connectivity index (χ1) is 11.0. The average Bonchev–Trinajstić information content (AvgIpc) is 3.13. The summed E-state index contributed by atoms with van der Waals surface area (Å²) in [5.41, 5.74) is 5.00. The highest BCUT2D eigenvalue weighted by Crippen LogP contribution is 2.48. The lowest BCUT2D eigenvalue weighted by molar-refractivity contribution is -0.148. The molecule has 2 aliphatic carbocycles. The molecule has 0 saturated heterocycles. The Balaban J connectivity index is 1.63. The van der Waals surface area contributed by atoms with E-state index in [0.29, 0.717) is 17.0 Å². The van der Waals surface area contributed by atoms with Crippen LogP contribution in [0.5, 0.6) is 0 Å². The van der Waals surface area contributed by atoms with Crippen molar-refractivity contribution in [2.75, 3.05) is 0 Å². The fraction of sp³-hybridized carbons (Fsp3) is 0.312. The Bertz CT molecular complexity index is 686. The van der Waals surface area contributed by atoms with Crippen LogP contribution in [0.1, 0.15) is 16.8 Å². The molecule has 1 saturated carbocycles. The Kier molecular flexibility index (Phi) is 4.09. The van der Waals surface area contributed by atoms with E-state index in [1.165, 1.54) is 12.1 Å². The number of fused-ring (bicyclic) bond motifs is 2. The number of rotatable bonds is 3. The molecule has 3 rings (SSSR count). The number of allylic oxidation sites excluding steroid dienone is 2. The van der Waals surface area contributed by atoms with E-state index in [1.807, 2.05) is 12.2 Å². The molecule has 1 aromatic carbocycles. The Labute approximate surface area is 137 Å². The van der Waals surface area contributed by atoms with Crippen LogP contribution in [0.25, 0.3) is 0 Å². The molecule has 2 aliphatic rings. The molecule has 0 heterocycles. The van der Waals surface area contributed by atoms with Crippen molar-refractivity contribution in [2.45, 2.75) is 6.42 Å². The van der Waals surface area contributed by atoms with Crippen molar-refractivity contribution in [3.05, 3.63) is 47.0 Å². The minimum Gasteiger partial charge on any atom is -0.481 e. The number of benzene rings is 1. The molecule has 3 N–H and O–H groups in total. The molecule has 2 amide bonds. The van der Waals surface area contributed by atoms with Gasteiger partial charge in [0.1, 0.15) is 0 Å². The molecule has 0 aromatic heterocycles. The normalized spacial score (nSPS) is 27.7. The van der Waals surface area contributed by atoms with Crippen LogP contribution in [0.15, 0.2) is 36.4 Å². The maximum Gasteiger partial charge on any atom is 0.307 e. The van der Waals surface area contributed by atoms with E-state index < -0.39 is 29.6 Å². The maximum atomic E-state index is 12.3. The van der Waals surface area contributed by atoms with Crippen molar-refractivity contribution in [3.63, 3.8) is 0 Å². The topological polar surface area (TPSA) is 95.5 Å². The third kappa shape index (κ3) is 2.94. The summed E-state index contributed by atoms with van der Waals surface area (Å²) in [5.74, 6) is -3.54. The van der Waals surface area contributed by atoms with Crippen LogP contribution in [0, 0.1) is 23.7 Å². The first kappa shape index (κ1) is 15.6. The zero-order valence-corrected chi connectivity index (χ0v) is 12.8. The van der Waals surface area contributed by atoms with Crippen LogP contribution in [0.2, 0.25) is 5.02 Å². The number of hydrogen-bond acceptors (Lipinski definition) is 3. The summed E-state index contributed by atoms with van der Waals surface area (Å²) in [6, 6.07) is 6.20. The molecule has 120 valence electrons. The lowest BCUT2D eigenvalue weighted by atomic mass is 9.82. The SMILES string of the molecule is O=C(NNC(=O)[C@H]1[C@@H](C(=O)O)[C@H]2C=C[C@@H]1C2)c1ccc(Cl)cc1. The van der Waals surface area contributed by atoms with E-state index in [4.69, 9.17) is 11.6 Å². The maximum absolute atomic E-state index is 12.3. The fourth-order valence-corrected chi connectivity index (χ4v) is 3.52. The summed E-state index contributed by atoms with van der Waals surface area (Å²) in [6.45, 7) is 0. The molecular formula is C16H15ClN2O4. The predicted molar refractivity (Wildman–Crippen MR) is 82.4 cm³/mol. The number of carbonyl (C=O) groups is 3. The number of hydrogen-bond donors (Lipinski definition) is 3. The number of nitrogens with one attached hydrogen (secondary N) is 2. The zero-order valence-electron chi connectivity index (χ0n) is 12.0. The first-order valence-electron chi connectivity index (χ1n) is 7.24. The number of amides is 2. The average molecular weight is 335 g/mol. The van der Waals surface area contributed by atoms with Crippen LogP contribution < -0.4 is 10.9 Å². The second kappa shape index (κ2) is 6.04. The van der Waals surface area contributed by atoms with E-state index in [-0.39, 0.29) is 11.8 Å². The molecular weight excluding hydrogens is 320 g/mol. The van der Waals surface area contributed by atoms with Crippen molar-refractivity contribution in [1.82, 2.24) is 10.9 Å². The lowest BCUT2D eigenvalue weighted by Crippen LogP contribution is -2.48. The number of carbonyl (C=O) groups excluding carboxylic acids is 2. The van der Waals surface area contributed by atoms with Gasteiger partial charge in [0.05, 0.1) is 11.8 Å². The number of carboxylic acid groups (broad SMARTS) is 1. The number of hydrazine groups is 1. The summed E-state index contributed by atoms with van der Waals surface area (Å²) < 4.78 is 0. The highest BCUT2D eigenvalue weighted by molar-refractivity contribution is 6.30. The summed E-state index contributed by atoms with van der Waals surface area (Å²) in [7, 11) is 0. The molecule has 7 heteroatoms. The van der Waals surface area contributed by atoms with Gasteiger partial charge in [-0.2, -0.15) is 0 Å². The monoisotopic (exact) mass is 334 g/mol.